The zero-order valence-corrected chi connectivity index (χ0v) is 14.5. The van der Waals surface area contributed by atoms with Crippen molar-refractivity contribution in [2.24, 2.45) is 17.8 Å². The predicted octanol–water partition coefficient (Wildman–Crippen LogP) is 2.64. The van der Waals surface area contributed by atoms with Gasteiger partial charge in [0.15, 0.2) is 0 Å². The van der Waals surface area contributed by atoms with E-state index in [1.165, 1.54) is 11.3 Å². The summed E-state index contributed by atoms with van der Waals surface area (Å²) in [6.45, 7) is 4.58. The lowest BCUT2D eigenvalue weighted by Crippen LogP contribution is -2.65. The summed E-state index contributed by atoms with van der Waals surface area (Å²) in [5, 5.41) is 3.77. The first-order valence-corrected chi connectivity index (χ1v) is 9.38. The maximum atomic E-state index is 12.8. The van der Waals surface area contributed by atoms with Gasteiger partial charge in [-0.15, -0.1) is 0 Å². The van der Waals surface area contributed by atoms with Crippen LogP contribution in [0.5, 0.6) is 0 Å². The first-order chi connectivity index (χ1) is 11.7. The Morgan fingerprint density at radius 2 is 2.25 bits per heavy atom. The van der Waals surface area contributed by atoms with E-state index < -0.39 is 0 Å². The van der Waals surface area contributed by atoms with Gasteiger partial charge in [-0.25, -0.2) is 0 Å². The molecule has 0 aromatic heterocycles. The Hall–Kier alpha value is -1.55. The van der Waals surface area contributed by atoms with Crippen molar-refractivity contribution < 1.29 is 9.53 Å². The van der Waals surface area contributed by atoms with Gasteiger partial charge in [-0.1, -0.05) is 31.5 Å². The van der Waals surface area contributed by atoms with Crippen LogP contribution in [0.4, 0.5) is 5.69 Å². The molecule has 0 radical (unpaired) electrons. The molecule has 2 saturated heterocycles. The van der Waals surface area contributed by atoms with Crippen molar-refractivity contribution in [3.05, 3.63) is 29.8 Å². The highest BCUT2D eigenvalue weighted by molar-refractivity contribution is 5.78. The standard InChI is InChI=1S/C20H26N2O2/c1-3-12-11-22-9-8-20-14-6-4-5-7-15(14)21-18(20)17(19(23)24-2)13(12)10-16(20)22/h4-7,12-13,16-18,21H,3,8-11H2,1-2H3/t12-,13+,16+,17+,18+,20-/m1/s1. The van der Waals surface area contributed by atoms with Gasteiger partial charge in [0.2, 0.25) is 0 Å². The van der Waals surface area contributed by atoms with E-state index in [4.69, 9.17) is 4.74 Å². The third kappa shape index (κ3) is 1.60. The minimum atomic E-state index is -0.0242. The van der Waals surface area contributed by atoms with Gasteiger partial charge in [0.25, 0.3) is 0 Å². The number of piperidine rings is 1. The Kier molecular flexibility index (Phi) is 3.06. The van der Waals surface area contributed by atoms with Crippen molar-refractivity contribution in [1.82, 2.24) is 4.90 Å². The molecule has 1 saturated carbocycles. The van der Waals surface area contributed by atoms with Gasteiger partial charge < -0.3 is 10.1 Å². The molecule has 1 aliphatic carbocycles. The molecule has 3 aliphatic heterocycles. The van der Waals surface area contributed by atoms with Crippen LogP contribution in [0.15, 0.2) is 24.3 Å². The SMILES string of the molecule is CC[C@@H]1CN2CC[C@]34c5ccccc5N[C@H]3[C@@H](C(=O)OC)[C@H]1C[C@H]24. The van der Waals surface area contributed by atoms with Gasteiger partial charge in [0.05, 0.1) is 19.1 Å². The van der Waals surface area contributed by atoms with Crippen molar-refractivity contribution in [3.8, 4) is 0 Å². The molecule has 2 bridgehead atoms. The Bertz CT molecular complexity index is 690. The lowest BCUT2D eigenvalue weighted by atomic mass is 9.54. The second-order valence-corrected chi connectivity index (χ2v) is 8.09. The molecule has 1 spiro atoms. The van der Waals surface area contributed by atoms with E-state index in [1.54, 1.807) is 7.11 Å². The van der Waals surface area contributed by atoms with E-state index in [0.29, 0.717) is 17.9 Å². The lowest BCUT2D eigenvalue weighted by Gasteiger charge is -2.55. The summed E-state index contributed by atoms with van der Waals surface area (Å²) >= 11 is 0. The Morgan fingerprint density at radius 1 is 1.42 bits per heavy atom. The molecule has 1 aromatic carbocycles. The second-order valence-electron chi connectivity index (χ2n) is 8.09. The highest BCUT2D eigenvalue weighted by atomic mass is 16.5. The van der Waals surface area contributed by atoms with Gasteiger partial charge >= 0.3 is 5.97 Å². The average Bonchev–Trinajstić information content (AvgIpc) is 3.17. The van der Waals surface area contributed by atoms with Gasteiger partial charge in [-0.3, -0.25) is 9.69 Å². The third-order valence-corrected chi connectivity index (χ3v) is 7.53. The number of ether oxygens (including phenoxy) is 1. The van der Waals surface area contributed by atoms with Crippen LogP contribution < -0.4 is 5.32 Å². The highest BCUT2D eigenvalue weighted by Crippen LogP contribution is 2.61. The molecule has 5 rings (SSSR count). The molecule has 1 aromatic rings. The predicted molar refractivity (Wildman–Crippen MR) is 92.9 cm³/mol. The van der Waals surface area contributed by atoms with Crippen LogP contribution in [0, 0.1) is 17.8 Å². The fourth-order valence-electron chi connectivity index (χ4n) is 6.57. The van der Waals surface area contributed by atoms with Crippen LogP contribution in [0.3, 0.4) is 0 Å². The molecule has 0 unspecified atom stereocenters. The third-order valence-electron chi connectivity index (χ3n) is 7.53. The van der Waals surface area contributed by atoms with Crippen molar-refractivity contribution in [1.29, 1.82) is 0 Å². The number of nitrogens with zero attached hydrogens (tertiary/aromatic N) is 1. The zero-order chi connectivity index (χ0) is 16.5. The number of para-hydroxylation sites is 1. The quantitative estimate of drug-likeness (QED) is 0.849. The van der Waals surface area contributed by atoms with Gasteiger partial charge in [-0.05, 0) is 42.9 Å². The van der Waals surface area contributed by atoms with E-state index in [9.17, 15) is 4.79 Å². The lowest BCUT2D eigenvalue weighted by molar-refractivity contribution is -0.154. The molecule has 6 atom stereocenters. The topological polar surface area (TPSA) is 41.6 Å². The largest absolute Gasteiger partial charge is 0.469 e. The van der Waals surface area contributed by atoms with Crippen molar-refractivity contribution in [2.75, 3.05) is 25.5 Å². The number of anilines is 1. The van der Waals surface area contributed by atoms with Gasteiger partial charge in [-0.2, -0.15) is 0 Å². The average molecular weight is 326 g/mol. The van der Waals surface area contributed by atoms with E-state index in [1.807, 2.05) is 0 Å². The monoisotopic (exact) mass is 326 g/mol. The molecule has 4 heteroatoms. The summed E-state index contributed by atoms with van der Waals surface area (Å²) in [6, 6.07) is 9.48. The van der Waals surface area contributed by atoms with Crippen LogP contribution in [-0.2, 0) is 14.9 Å². The molecule has 3 fully saturated rings. The maximum absolute atomic E-state index is 12.8. The zero-order valence-electron chi connectivity index (χ0n) is 14.5. The minimum absolute atomic E-state index is 0.0121. The highest BCUT2D eigenvalue weighted by Gasteiger charge is 2.67. The van der Waals surface area contributed by atoms with Gasteiger partial charge in [0, 0.05) is 23.7 Å². The molecule has 0 amide bonds. The van der Waals surface area contributed by atoms with Crippen LogP contribution in [0.1, 0.15) is 31.7 Å². The first kappa shape index (κ1) is 14.8. The molecule has 1 N–H and O–H groups in total. The molecular formula is C20H26N2O2. The Labute approximate surface area is 143 Å². The summed E-state index contributed by atoms with van der Waals surface area (Å²) in [5.41, 5.74) is 2.76. The number of hydrogen-bond donors (Lipinski definition) is 1. The summed E-state index contributed by atoms with van der Waals surface area (Å²) < 4.78 is 5.29. The summed E-state index contributed by atoms with van der Waals surface area (Å²) in [5.74, 6) is 1.01. The normalized spacial score (nSPS) is 42.2. The molecule has 3 heterocycles. The number of methoxy groups -OCH3 is 1. The number of benzene rings is 1. The number of hydrogen-bond acceptors (Lipinski definition) is 4. The Balaban J connectivity index is 1.68. The van der Waals surface area contributed by atoms with E-state index in [2.05, 4.69) is 41.4 Å². The van der Waals surface area contributed by atoms with Crippen LogP contribution >= 0.6 is 0 Å². The Morgan fingerprint density at radius 3 is 3.04 bits per heavy atom. The number of carbonyl (C=O) groups is 1. The molecular weight excluding hydrogens is 300 g/mol. The fraction of sp³-hybridized carbons (Fsp3) is 0.650. The van der Waals surface area contributed by atoms with Gasteiger partial charge in [0.1, 0.15) is 0 Å². The minimum Gasteiger partial charge on any atom is -0.469 e. The van der Waals surface area contributed by atoms with Crippen LogP contribution in [0.2, 0.25) is 0 Å². The van der Waals surface area contributed by atoms with Crippen molar-refractivity contribution in [3.63, 3.8) is 0 Å². The van der Waals surface area contributed by atoms with E-state index in [-0.39, 0.29) is 23.3 Å². The number of esters is 1. The molecule has 24 heavy (non-hydrogen) atoms. The van der Waals surface area contributed by atoms with Crippen molar-refractivity contribution >= 4 is 11.7 Å². The molecule has 128 valence electrons. The number of carbonyl (C=O) groups excluding carboxylic acids is 1. The summed E-state index contributed by atoms with van der Waals surface area (Å²) in [4.78, 5) is 15.5. The van der Waals surface area contributed by atoms with E-state index in [0.717, 1.165) is 32.4 Å². The van der Waals surface area contributed by atoms with Crippen LogP contribution in [0.25, 0.3) is 0 Å². The fourth-order valence-corrected chi connectivity index (χ4v) is 6.57. The number of rotatable bonds is 2. The second kappa shape index (κ2) is 4.98. The first-order valence-electron chi connectivity index (χ1n) is 9.38. The van der Waals surface area contributed by atoms with Crippen LogP contribution in [-0.4, -0.2) is 43.2 Å². The summed E-state index contributed by atoms with van der Waals surface area (Å²) in [7, 11) is 1.55. The van der Waals surface area contributed by atoms with E-state index >= 15 is 0 Å². The molecule has 4 nitrogen and oxygen atoms in total. The molecule has 4 aliphatic rings. The summed E-state index contributed by atoms with van der Waals surface area (Å²) in [6.07, 6.45) is 3.45. The number of fused-ring (bicyclic) bond motifs is 2. The van der Waals surface area contributed by atoms with Crippen molar-refractivity contribution in [2.45, 2.75) is 43.7 Å². The number of nitrogens with one attached hydrogen (secondary N) is 1. The maximum Gasteiger partial charge on any atom is 0.311 e. The smallest absolute Gasteiger partial charge is 0.311 e.